The molecule has 0 bridgehead atoms. The van der Waals surface area contributed by atoms with Gasteiger partial charge < -0.3 is 4.43 Å². The Morgan fingerprint density at radius 1 is 1.38 bits per heavy atom. The molecular formula is C13H25NOSi. The van der Waals surface area contributed by atoms with Gasteiger partial charge in [-0.1, -0.05) is 33.8 Å². The molecule has 0 aromatic heterocycles. The van der Waals surface area contributed by atoms with E-state index >= 15 is 0 Å². The first-order chi connectivity index (χ1) is 7.24. The molecule has 0 heterocycles. The van der Waals surface area contributed by atoms with Crippen molar-refractivity contribution in [3.8, 4) is 6.07 Å². The number of rotatable bonds is 5. The van der Waals surface area contributed by atoms with Crippen LogP contribution in [0, 0.1) is 11.3 Å². The fourth-order valence-corrected chi connectivity index (χ4v) is 2.61. The average Bonchev–Trinajstić information content (AvgIpc) is 2.14. The second-order valence-corrected chi connectivity index (χ2v) is 10.4. The van der Waals surface area contributed by atoms with Crippen LogP contribution >= 0.6 is 0 Å². The van der Waals surface area contributed by atoms with Crippen molar-refractivity contribution in [1.82, 2.24) is 0 Å². The van der Waals surface area contributed by atoms with Crippen LogP contribution in [0.5, 0.6) is 0 Å². The van der Waals surface area contributed by atoms with Crippen molar-refractivity contribution in [1.29, 1.82) is 5.26 Å². The maximum absolute atomic E-state index is 8.44. The smallest absolute Gasteiger partial charge is 0.192 e. The third-order valence-electron chi connectivity index (χ3n) is 3.31. The molecule has 0 saturated heterocycles. The van der Waals surface area contributed by atoms with E-state index in [-0.39, 0.29) is 11.1 Å². The van der Waals surface area contributed by atoms with Gasteiger partial charge in [-0.2, -0.15) is 5.26 Å². The molecule has 0 amide bonds. The van der Waals surface area contributed by atoms with Gasteiger partial charge in [0.15, 0.2) is 8.32 Å². The van der Waals surface area contributed by atoms with Crippen LogP contribution in [-0.4, -0.2) is 14.4 Å². The summed E-state index contributed by atoms with van der Waals surface area (Å²) >= 11 is 0. The van der Waals surface area contributed by atoms with Gasteiger partial charge in [0.1, 0.15) is 0 Å². The molecular weight excluding hydrogens is 214 g/mol. The standard InChI is InChI=1S/C13H25NOSi/c1-7-12(10-8-9-11-14)15-16(5,6)13(2,3)4/h8-9,12H,7,10H2,1-6H3/b9-8+. The molecule has 3 heteroatoms. The second kappa shape index (κ2) is 6.22. The summed E-state index contributed by atoms with van der Waals surface area (Å²) in [5, 5.41) is 8.69. The highest BCUT2D eigenvalue weighted by Gasteiger charge is 2.38. The second-order valence-electron chi connectivity index (χ2n) is 5.68. The molecule has 1 unspecified atom stereocenters. The summed E-state index contributed by atoms with van der Waals surface area (Å²) in [5.74, 6) is 0. The Bertz CT molecular complexity index is 271. The summed E-state index contributed by atoms with van der Waals surface area (Å²) in [4.78, 5) is 0. The predicted molar refractivity (Wildman–Crippen MR) is 71.7 cm³/mol. The Kier molecular flexibility index (Phi) is 5.99. The van der Waals surface area contributed by atoms with Gasteiger partial charge in [-0.15, -0.1) is 0 Å². The molecule has 0 saturated carbocycles. The molecule has 0 fully saturated rings. The zero-order valence-electron chi connectivity index (χ0n) is 11.5. The van der Waals surface area contributed by atoms with Gasteiger partial charge in [-0.3, -0.25) is 0 Å². The van der Waals surface area contributed by atoms with Crippen molar-refractivity contribution in [3.05, 3.63) is 12.2 Å². The summed E-state index contributed by atoms with van der Waals surface area (Å²) < 4.78 is 6.28. The molecule has 92 valence electrons. The molecule has 1 atom stereocenters. The molecule has 0 radical (unpaired) electrons. The van der Waals surface area contributed by atoms with Gasteiger partial charge in [0.05, 0.1) is 6.07 Å². The first-order valence-corrected chi connectivity index (χ1v) is 8.88. The summed E-state index contributed by atoms with van der Waals surface area (Å²) in [6.45, 7) is 13.4. The van der Waals surface area contributed by atoms with Crippen LogP contribution < -0.4 is 0 Å². The number of hydrogen-bond donors (Lipinski definition) is 0. The van der Waals surface area contributed by atoms with Crippen LogP contribution in [0.3, 0.4) is 0 Å². The molecule has 0 aliphatic rings. The van der Waals surface area contributed by atoms with Crippen molar-refractivity contribution in [2.75, 3.05) is 0 Å². The zero-order chi connectivity index (χ0) is 12.8. The SMILES string of the molecule is CCC(C/C=C/C#N)O[Si](C)(C)C(C)(C)C. The lowest BCUT2D eigenvalue weighted by Crippen LogP contribution is -2.43. The summed E-state index contributed by atoms with van der Waals surface area (Å²) in [6.07, 6.45) is 5.54. The number of nitrogens with zero attached hydrogens (tertiary/aromatic N) is 1. The first-order valence-electron chi connectivity index (χ1n) is 5.97. The van der Waals surface area contributed by atoms with Crippen molar-refractivity contribution in [2.45, 2.75) is 64.8 Å². The van der Waals surface area contributed by atoms with Crippen LogP contribution in [0.2, 0.25) is 18.1 Å². The summed E-state index contributed by atoms with van der Waals surface area (Å²) in [6, 6.07) is 2.02. The Balaban J connectivity index is 4.44. The van der Waals surface area contributed by atoms with E-state index in [0.717, 1.165) is 12.8 Å². The molecule has 2 nitrogen and oxygen atoms in total. The van der Waals surface area contributed by atoms with E-state index in [4.69, 9.17) is 9.69 Å². The number of nitriles is 1. The van der Waals surface area contributed by atoms with Gasteiger partial charge in [0.25, 0.3) is 0 Å². The minimum atomic E-state index is -1.67. The van der Waals surface area contributed by atoms with Crippen molar-refractivity contribution in [3.63, 3.8) is 0 Å². The van der Waals surface area contributed by atoms with Crippen molar-refractivity contribution < 1.29 is 4.43 Å². The van der Waals surface area contributed by atoms with E-state index in [0.29, 0.717) is 0 Å². The van der Waals surface area contributed by atoms with Gasteiger partial charge in [-0.25, -0.2) is 0 Å². The molecule has 16 heavy (non-hydrogen) atoms. The van der Waals surface area contributed by atoms with E-state index in [2.05, 4.69) is 40.8 Å². The van der Waals surface area contributed by atoms with Crippen LogP contribution in [-0.2, 0) is 4.43 Å². The Hall–Kier alpha value is -0.593. The Labute approximate surface area is 101 Å². The molecule has 0 aliphatic heterocycles. The fourth-order valence-electron chi connectivity index (χ4n) is 1.16. The summed E-state index contributed by atoms with van der Waals surface area (Å²) in [5.41, 5.74) is 0. The highest BCUT2D eigenvalue weighted by molar-refractivity contribution is 6.74. The normalized spacial score (nSPS) is 15.1. The largest absolute Gasteiger partial charge is 0.414 e. The lowest BCUT2D eigenvalue weighted by atomic mass is 10.2. The minimum absolute atomic E-state index is 0.249. The molecule has 0 rings (SSSR count). The Morgan fingerprint density at radius 3 is 2.31 bits per heavy atom. The minimum Gasteiger partial charge on any atom is -0.414 e. The number of allylic oxidation sites excluding steroid dienone is 1. The average molecular weight is 239 g/mol. The lowest BCUT2D eigenvalue weighted by molar-refractivity contribution is 0.179. The maximum atomic E-state index is 8.44. The van der Waals surface area contributed by atoms with Crippen LogP contribution in [0.25, 0.3) is 0 Å². The molecule has 0 spiro atoms. The van der Waals surface area contributed by atoms with Gasteiger partial charge in [0.2, 0.25) is 0 Å². The highest BCUT2D eigenvalue weighted by Crippen LogP contribution is 2.37. The lowest BCUT2D eigenvalue weighted by Gasteiger charge is -2.39. The predicted octanol–water partition coefficient (Wildman–Crippen LogP) is 4.26. The topological polar surface area (TPSA) is 33.0 Å². The van der Waals surface area contributed by atoms with Gasteiger partial charge in [-0.05, 0) is 31.0 Å². The first kappa shape index (κ1) is 15.4. The highest BCUT2D eigenvalue weighted by atomic mass is 28.4. The van der Waals surface area contributed by atoms with Crippen molar-refractivity contribution in [2.24, 2.45) is 0 Å². The Morgan fingerprint density at radius 2 is 1.94 bits per heavy atom. The maximum Gasteiger partial charge on any atom is 0.192 e. The van der Waals surface area contributed by atoms with E-state index < -0.39 is 8.32 Å². The van der Waals surface area contributed by atoms with E-state index in [1.54, 1.807) is 0 Å². The fraction of sp³-hybridized carbons (Fsp3) is 0.769. The van der Waals surface area contributed by atoms with Gasteiger partial charge >= 0.3 is 0 Å². The monoisotopic (exact) mass is 239 g/mol. The molecule has 0 aromatic carbocycles. The molecule has 0 aliphatic carbocycles. The third-order valence-corrected chi connectivity index (χ3v) is 7.85. The van der Waals surface area contributed by atoms with Crippen LogP contribution in [0.4, 0.5) is 0 Å². The van der Waals surface area contributed by atoms with E-state index in [1.807, 2.05) is 12.1 Å². The zero-order valence-corrected chi connectivity index (χ0v) is 12.5. The summed E-state index contributed by atoms with van der Waals surface area (Å²) in [7, 11) is -1.67. The van der Waals surface area contributed by atoms with Crippen LogP contribution in [0.15, 0.2) is 12.2 Å². The van der Waals surface area contributed by atoms with Crippen molar-refractivity contribution >= 4 is 8.32 Å². The molecule has 0 N–H and O–H groups in total. The number of hydrogen-bond acceptors (Lipinski definition) is 2. The van der Waals surface area contributed by atoms with E-state index in [9.17, 15) is 0 Å². The van der Waals surface area contributed by atoms with Crippen LogP contribution in [0.1, 0.15) is 40.5 Å². The third kappa shape index (κ3) is 4.96. The quantitative estimate of drug-likeness (QED) is 0.530. The van der Waals surface area contributed by atoms with E-state index in [1.165, 1.54) is 6.08 Å². The van der Waals surface area contributed by atoms with Gasteiger partial charge in [0, 0.05) is 12.2 Å². The molecule has 0 aromatic rings.